The number of hydrogen-bond donors (Lipinski definition) is 2. The van der Waals surface area contributed by atoms with Gasteiger partial charge >= 0.3 is 5.97 Å². The van der Waals surface area contributed by atoms with E-state index in [1.165, 1.54) is 19.3 Å². The molecule has 1 saturated carbocycles. The summed E-state index contributed by atoms with van der Waals surface area (Å²) < 4.78 is 0. The average Bonchev–Trinajstić information content (AvgIpc) is 2.45. The first-order valence-corrected chi connectivity index (χ1v) is 8.13. The van der Waals surface area contributed by atoms with Crippen molar-refractivity contribution >= 4 is 11.8 Å². The van der Waals surface area contributed by atoms with Crippen LogP contribution < -0.4 is 5.32 Å². The number of aromatic carboxylic acids is 1. The fraction of sp³-hybridized carbons (Fsp3) is 0.647. The van der Waals surface area contributed by atoms with Gasteiger partial charge in [0.05, 0.1) is 0 Å². The molecule has 0 unspecified atom stereocenters. The zero-order valence-corrected chi connectivity index (χ0v) is 12.7. The molecule has 2 aliphatic carbocycles. The smallest absolute Gasteiger partial charge is 0.339 e. The van der Waals surface area contributed by atoms with Crippen molar-refractivity contribution in [1.82, 2.24) is 4.98 Å². The van der Waals surface area contributed by atoms with Crippen molar-refractivity contribution in [2.24, 2.45) is 5.41 Å². The molecule has 0 atom stereocenters. The third-order valence-electron chi connectivity index (χ3n) is 5.33. The number of rotatable bonds is 5. The van der Waals surface area contributed by atoms with E-state index in [9.17, 15) is 9.90 Å². The number of carboxylic acids is 1. The Balaban J connectivity index is 1.84. The number of nitrogens with zero attached hydrogens (tertiary/aromatic N) is 1. The lowest BCUT2D eigenvalue weighted by Crippen LogP contribution is -2.36. The molecular formula is C17H24N2O2. The molecule has 4 heteroatoms. The van der Waals surface area contributed by atoms with E-state index >= 15 is 0 Å². The van der Waals surface area contributed by atoms with Crippen molar-refractivity contribution in [2.75, 3.05) is 11.9 Å². The lowest BCUT2D eigenvalue weighted by molar-refractivity contribution is 0.0697. The number of hydrogen-bond acceptors (Lipinski definition) is 3. The maximum Gasteiger partial charge on any atom is 0.339 e. The number of aromatic nitrogens is 1. The van der Waals surface area contributed by atoms with E-state index in [1.807, 2.05) is 6.07 Å². The highest BCUT2D eigenvalue weighted by atomic mass is 16.4. The largest absolute Gasteiger partial charge is 0.478 e. The Labute approximate surface area is 126 Å². The van der Waals surface area contributed by atoms with Crippen LogP contribution in [0.3, 0.4) is 0 Å². The van der Waals surface area contributed by atoms with Crippen LogP contribution in [0.1, 0.15) is 67.1 Å². The molecule has 0 amide bonds. The lowest BCUT2D eigenvalue weighted by Gasteiger charge is -2.41. The van der Waals surface area contributed by atoms with Crippen molar-refractivity contribution in [3.05, 3.63) is 22.9 Å². The predicted octanol–water partition coefficient (Wildman–Crippen LogP) is 3.65. The Morgan fingerprint density at radius 3 is 2.71 bits per heavy atom. The van der Waals surface area contributed by atoms with Crippen molar-refractivity contribution in [2.45, 2.75) is 58.3 Å². The van der Waals surface area contributed by atoms with Crippen LogP contribution >= 0.6 is 0 Å². The molecule has 114 valence electrons. The van der Waals surface area contributed by atoms with Gasteiger partial charge < -0.3 is 10.4 Å². The second-order valence-corrected chi connectivity index (χ2v) is 6.56. The van der Waals surface area contributed by atoms with Gasteiger partial charge in [-0.15, -0.1) is 0 Å². The van der Waals surface area contributed by atoms with Crippen LogP contribution in [0.4, 0.5) is 5.82 Å². The zero-order chi connectivity index (χ0) is 14.9. The van der Waals surface area contributed by atoms with Crippen molar-refractivity contribution in [1.29, 1.82) is 0 Å². The van der Waals surface area contributed by atoms with Gasteiger partial charge in [0.1, 0.15) is 11.4 Å². The summed E-state index contributed by atoms with van der Waals surface area (Å²) in [6, 6.07) is 1.84. The molecule has 1 fully saturated rings. The van der Waals surface area contributed by atoms with Gasteiger partial charge in [0.2, 0.25) is 0 Å². The fourth-order valence-corrected chi connectivity index (χ4v) is 3.53. The maximum atomic E-state index is 11.5. The van der Waals surface area contributed by atoms with Gasteiger partial charge in [-0.3, -0.25) is 0 Å². The summed E-state index contributed by atoms with van der Waals surface area (Å²) in [5, 5.41) is 12.8. The monoisotopic (exact) mass is 288 g/mol. The van der Waals surface area contributed by atoms with E-state index < -0.39 is 5.97 Å². The normalized spacial score (nSPS) is 19.5. The minimum Gasteiger partial charge on any atom is -0.478 e. The molecule has 2 aliphatic rings. The fourth-order valence-electron chi connectivity index (χ4n) is 3.53. The Bertz CT molecular complexity index is 544. The number of nitrogens with one attached hydrogen (secondary N) is 1. The SMILES string of the molecule is CCC1(CNc2nc3c(cc2C(=O)O)CCCC3)CCC1. The summed E-state index contributed by atoms with van der Waals surface area (Å²) in [7, 11) is 0. The van der Waals surface area contributed by atoms with Crippen molar-refractivity contribution in [3.8, 4) is 0 Å². The Hall–Kier alpha value is -1.58. The first-order valence-electron chi connectivity index (χ1n) is 8.13. The number of fused-ring (bicyclic) bond motifs is 1. The highest BCUT2D eigenvalue weighted by Gasteiger charge is 2.35. The molecule has 3 rings (SSSR count). The van der Waals surface area contributed by atoms with Crippen LogP contribution in [-0.4, -0.2) is 22.6 Å². The van der Waals surface area contributed by atoms with Crippen molar-refractivity contribution < 1.29 is 9.90 Å². The molecule has 0 saturated heterocycles. The van der Waals surface area contributed by atoms with Crippen molar-refractivity contribution in [3.63, 3.8) is 0 Å². The van der Waals surface area contributed by atoms with E-state index in [0.717, 1.165) is 49.9 Å². The summed E-state index contributed by atoms with van der Waals surface area (Å²) in [4.78, 5) is 16.1. The van der Waals surface area contributed by atoms with Gasteiger partial charge in [-0.1, -0.05) is 13.3 Å². The Kier molecular flexibility index (Phi) is 3.87. The number of aryl methyl sites for hydroxylation is 2. The summed E-state index contributed by atoms with van der Waals surface area (Å²) in [6.45, 7) is 3.06. The molecule has 2 N–H and O–H groups in total. The van der Waals surface area contributed by atoms with E-state index in [4.69, 9.17) is 0 Å². The predicted molar refractivity (Wildman–Crippen MR) is 82.9 cm³/mol. The molecule has 0 spiro atoms. The topological polar surface area (TPSA) is 62.2 Å². The molecule has 0 aliphatic heterocycles. The van der Waals surface area contributed by atoms with Crippen LogP contribution in [0.2, 0.25) is 0 Å². The summed E-state index contributed by atoms with van der Waals surface area (Å²) in [5.74, 6) is -0.305. The summed E-state index contributed by atoms with van der Waals surface area (Å²) in [6.07, 6.45) is 9.15. The van der Waals surface area contributed by atoms with Gasteiger partial charge in [-0.25, -0.2) is 9.78 Å². The standard InChI is InChI=1S/C17H24N2O2/c1-2-17(8-5-9-17)11-18-15-13(16(20)21)10-12-6-3-4-7-14(12)19-15/h10H,2-9,11H2,1H3,(H,18,19)(H,20,21). The quantitative estimate of drug-likeness (QED) is 0.868. The van der Waals surface area contributed by atoms with Gasteiger partial charge in [-0.2, -0.15) is 0 Å². The third-order valence-corrected chi connectivity index (χ3v) is 5.33. The first kappa shape index (κ1) is 14.4. The van der Waals surface area contributed by atoms with Crippen LogP contribution in [0, 0.1) is 5.41 Å². The summed E-state index contributed by atoms with van der Waals surface area (Å²) >= 11 is 0. The van der Waals surface area contributed by atoms with E-state index in [1.54, 1.807) is 0 Å². The first-order chi connectivity index (χ1) is 10.1. The van der Waals surface area contributed by atoms with Gasteiger partial charge in [-0.05, 0) is 62.0 Å². The molecule has 4 nitrogen and oxygen atoms in total. The van der Waals surface area contributed by atoms with E-state index in [2.05, 4.69) is 17.2 Å². The molecule has 1 aromatic heterocycles. The summed E-state index contributed by atoms with van der Waals surface area (Å²) in [5.41, 5.74) is 2.90. The van der Waals surface area contributed by atoms with Gasteiger partial charge in [0.15, 0.2) is 0 Å². The van der Waals surface area contributed by atoms with Crippen LogP contribution in [0.5, 0.6) is 0 Å². The van der Waals surface area contributed by atoms with Crippen LogP contribution in [0.25, 0.3) is 0 Å². The maximum absolute atomic E-state index is 11.5. The van der Waals surface area contributed by atoms with Crippen LogP contribution in [-0.2, 0) is 12.8 Å². The third kappa shape index (κ3) is 2.76. The minimum absolute atomic E-state index is 0.334. The molecule has 0 bridgehead atoms. The molecule has 21 heavy (non-hydrogen) atoms. The van der Waals surface area contributed by atoms with E-state index in [0.29, 0.717) is 16.8 Å². The molecule has 0 radical (unpaired) electrons. The second kappa shape index (κ2) is 5.66. The van der Waals surface area contributed by atoms with Crippen LogP contribution in [0.15, 0.2) is 6.07 Å². The highest BCUT2D eigenvalue weighted by molar-refractivity contribution is 5.93. The molecule has 1 heterocycles. The van der Waals surface area contributed by atoms with Gasteiger partial charge in [0, 0.05) is 12.2 Å². The minimum atomic E-state index is -0.877. The lowest BCUT2D eigenvalue weighted by atomic mass is 9.67. The van der Waals surface area contributed by atoms with Gasteiger partial charge in [0.25, 0.3) is 0 Å². The number of carboxylic acid groups (broad SMARTS) is 1. The highest BCUT2D eigenvalue weighted by Crippen LogP contribution is 2.43. The second-order valence-electron chi connectivity index (χ2n) is 6.56. The zero-order valence-electron chi connectivity index (χ0n) is 12.7. The van der Waals surface area contributed by atoms with E-state index in [-0.39, 0.29) is 0 Å². The number of pyridine rings is 1. The molecule has 0 aromatic carbocycles. The molecule has 1 aromatic rings. The Morgan fingerprint density at radius 1 is 1.33 bits per heavy atom. The molecular weight excluding hydrogens is 264 g/mol. The average molecular weight is 288 g/mol. The number of anilines is 1. The number of carbonyl (C=O) groups is 1. The Morgan fingerprint density at radius 2 is 2.10 bits per heavy atom.